The number of amides is 2. The molecule has 25 heavy (non-hydrogen) atoms. The second-order valence-corrected chi connectivity index (χ2v) is 6.49. The van der Waals surface area contributed by atoms with Gasteiger partial charge < -0.3 is 25.3 Å². The normalized spacial score (nSPS) is 20.1. The third kappa shape index (κ3) is 2.74. The number of nitrogens with one attached hydrogen (secondary N) is 1. The molecule has 1 saturated heterocycles. The first-order valence-corrected chi connectivity index (χ1v) is 8.30. The van der Waals surface area contributed by atoms with E-state index in [4.69, 9.17) is 10.5 Å². The molecule has 0 aliphatic carbocycles. The van der Waals surface area contributed by atoms with Gasteiger partial charge in [-0.3, -0.25) is 9.59 Å². The second kappa shape index (κ2) is 6.40. The molecule has 1 aromatic carbocycles. The fourth-order valence-corrected chi connectivity index (χ4v) is 3.60. The summed E-state index contributed by atoms with van der Waals surface area (Å²) in [5.74, 6) is 0.336. The Bertz CT molecular complexity index is 842. The average molecular weight is 344 g/mol. The van der Waals surface area contributed by atoms with Gasteiger partial charge in [-0.05, 0) is 31.5 Å². The number of likely N-dealkylation sites (tertiary alicyclic amines) is 1. The fourth-order valence-electron chi connectivity index (χ4n) is 3.60. The zero-order valence-electron chi connectivity index (χ0n) is 15.0. The number of rotatable bonds is 3. The number of carbonyl (C=O) groups is 2. The summed E-state index contributed by atoms with van der Waals surface area (Å²) in [7, 11) is 5.09. The Morgan fingerprint density at radius 2 is 2.08 bits per heavy atom. The number of nitrogens with two attached hydrogens (primary N) is 1. The van der Waals surface area contributed by atoms with Crippen LogP contribution in [-0.2, 0) is 11.8 Å². The molecular formula is C18H24N4O3. The molecule has 2 aromatic rings. The first-order chi connectivity index (χ1) is 11.9. The Kier molecular flexibility index (Phi) is 4.43. The van der Waals surface area contributed by atoms with Crippen LogP contribution < -0.4 is 15.8 Å². The van der Waals surface area contributed by atoms with Gasteiger partial charge in [0.1, 0.15) is 11.8 Å². The van der Waals surface area contributed by atoms with E-state index in [-0.39, 0.29) is 17.9 Å². The number of hydrogen-bond acceptors (Lipinski definition) is 4. The molecule has 0 spiro atoms. The number of nitrogens with zero attached hydrogens (tertiary/aromatic N) is 2. The number of aromatic nitrogens is 1. The number of fused-ring (bicyclic) bond motifs is 1. The summed E-state index contributed by atoms with van der Waals surface area (Å²) in [5.41, 5.74) is 8.42. The van der Waals surface area contributed by atoms with Crippen LogP contribution in [0.5, 0.6) is 5.75 Å². The van der Waals surface area contributed by atoms with E-state index >= 15 is 0 Å². The standard InChI is InChI=1S/C18H24N4O3/c1-10-16(13-8-12(25-4)5-6-14(13)21(10)3)18(24)22-9-11(19)7-15(22)17(23)20-2/h5-6,8,11,15H,7,9,19H2,1-4H3,(H,20,23)/t11-,15-/m0/s1. The molecule has 1 fully saturated rings. The average Bonchev–Trinajstić information content (AvgIpc) is 3.12. The smallest absolute Gasteiger partial charge is 0.257 e. The predicted octanol–water partition coefficient (Wildman–Crippen LogP) is 0.783. The van der Waals surface area contributed by atoms with Crippen molar-refractivity contribution in [2.75, 3.05) is 20.7 Å². The van der Waals surface area contributed by atoms with Gasteiger partial charge in [-0.25, -0.2) is 0 Å². The van der Waals surface area contributed by atoms with E-state index in [1.807, 2.05) is 36.7 Å². The van der Waals surface area contributed by atoms with E-state index in [2.05, 4.69) is 5.32 Å². The molecule has 1 aliphatic heterocycles. The van der Waals surface area contributed by atoms with Crippen molar-refractivity contribution >= 4 is 22.7 Å². The summed E-state index contributed by atoms with van der Waals surface area (Å²) in [4.78, 5) is 27.1. The largest absolute Gasteiger partial charge is 0.497 e. The molecule has 134 valence electrons. The van der Waals surface area contributed by atoms with Crippen molar-refractivity contribution < 1.29 is 14.3 Å². The van der Waals surface area contributed by atoms with Crippen LogP contribution in [0.1, 0.15) is 22.5 Å². The molecule has 7 nitrogen and oxygen atoms in total. The van der Waals surface area contributed by atoms with Gasteiger partial charge in [-0.15, -0.1) is 0 Å². The van der Waals surface area contributed by atoms with Crippen molar-refractivity contribution in [3.63, 3.8) is 0 Å². The maximum absolute atomic E-state index is 13.3. The number of ether oxygens (including phenoxy) is 1. The lowest BCUT2D eigenvalue weighted by atomic mass is 10.1. The molecule has 0 bridgehead atoms. The van der Waals surface area contributed by atoms with E-state index in [1.165, 1.54) is 0 Å². The van der Waals surface area contributed by atoms with Gasteiger partial charge in [-0.2, -0.15) is 0 Å². The van der Waals surface area contributed by atoms with E-state index in [0.29, 0.717) is 24.3 Å². The molecule has 3 N–H and O–H groups in total. The summed E-state index contributed by atoms with van der Waals surface area (Å²) in [6, 6.07) is 4.93. The third-order valence-corrected chi connectivity index (χ3v) is 5.06. The lowest BCUT2D eigenvalue weighted by molar-refractivity contribution is -0.124. The molecule has 2 heterocycles. The molecule has 0 radical (unpaired) electrons. The first kappa shape index (κ1) is 17.3. The van der Waals surface area contributed by atoms with Crippen molar-refractivity contribution in [3.8, 4) is 5.75 Å². The van der Waals surface area contributed by atoms with Crippen LogP contribution in [0.2, 0.25) is 0 Å². The van der Waals surface area contributed by atoms with Gasteiger partial charge in [-0.1, -0.05) is 0 Å². The Balaban J connectivity index is 2.10. The molecule has 3 rings (SSSR count). The van der Waals surface area contributed by atoms with Gasteiger partial charge >= 0.3 is 0 Å². The van der Waals surface area contributed by atoms with Crippen LogP contribution in [0.3, 0.4) is 0 Å². The van der Waals surface area contributed by atoms with Crippen molar-refractivity contribution in [2.24, 2.45) is 12.8 Å². The molecule has 0 saturated carbocycles. The van der Waals surface area contributed by atoms with Gasteiger partial charge in [0.05, 0.1) is 12.7 Å². The Hall–Kier alpha value is -2.54. The maximum Gasteiger partial charge on any atom is 0.257 e. The van der Waals surface area contributed by atoms with Crippen molar-refractivity contribution in [2.45, 2.75) is 25.4 Å². The van der Waals surface area contributed by atoms with Crippen molar-refractivity contribution in [1.82, 2.24) is 14.8 Å². The van der Waals surface area contributed by atoms with Crippen LogP contribution in [0.15, 0.2) is 18.2 Å². The van der Waals surface area contributed by atoms with E-state index in [0.717, 1.165) is 16.6 Å². The Morgan fingerprint density at radius 3 is 2.72 bits per heavy atom. The zero-order chi connectivity index (χ0) is 18.3. The van der Waals surface area contributed by atoms with E-state index < -0.39 is 6.04 Å². The Morgan fingerprint density at radius 1 is 1.36 bits per heavy atom. The minimum absolute atomic E-state index is 0.169. The summed E-state index contributed by atoms with van der Waals surface area (Å²) in [6.07, 6.45) is 0.471. The van der Waals surface area contributed by atoms with Gasteiger partial charge in [0.25, 0.3) is 5.91 Å². The minimum Gasteiger partial charge on any atom is -0.497 e. The van der Waals surface area contributed by atoms with Gasteiger partial charge in [0.15, 0.2) is 0 Å². The molecule has 1 aliphatic rings. The first-order valence-electron chi connectivity index (χ1n) is 8.30. The summed E-state index contributed by atoms with van der Waals surface area (Å²) in [6.45, 7) is 2.28. The molecular weight excluding hydrogens is 320 g/mol. The predicted molar refractivity (Wildman–Crippen MR) is 95.7 cm³/mol. The van der Waals surface area contributed by atoms with E-state index in [9.17, 15) is 9.59 Å². The number of hydrogen-bond donors (Lipinski definition) is 2. The van der Waals surface area contributed by atoms with Crippen LogP contribution in [-0.4, -0.2) is 54.1 Å². The Labute approximate surface area is 146 Å². The highest BCUT2D eigenvalue weighted by atomic mass is 16.5. The fraction of sp³-hybridized carbons (Fsp3) is 0.444. The van der Waals surface area contributed by atoms with Gasteiger partial charge in [0.2, 0.25) is 5.91 Å². The molecule has 7 heteroatoms. The number of benzene rings is 1. The quantitative estimate of drug-likeness (QED) is 0.861. The van der Waals surface area contributed by atoms with Crippen molar-refractivity contribution in [1.29, 1.82) is 0 Å². The number of carbonyl (C=O) groups excluding carboxylic acids is 2. The van der Waals surface area contributed by atoms with Gasteiger partial charge in [0, 0.05) is 43.3 Å². The zero-order valence-corrected chi connectivity index (χ0v) is 15.0. The highest BCUT2D eigenvalue weighted by molar-refractivity contribution is 6.10. The van der Waals surface area contributed by atoms with Crippen molar-refractivity contribution in [3.05, 3.63) is 29.5 Å². The minimum atomic E-state index is -0.534. The summed E-state index contributed by atoms with van der Waals surface area (Å²) in [5, 5.41) is 3.45. The monoisotopic (exact) mass is 344 g/mol. The van der Waals surface area contributed by atoms with Crippen LogP contribution in [0.25, 0.3) is 10.9 Å². The SMILES string of the molecule is CNC(=O)[C@@H]1C[C@H](N)CN1C(=O)c1c(C)n(C)c2ccc(OC)cc12. The highest BCUT2D eigenvalue weighted by Gasteiger charge is 2.39. The molecule has 1 aromatic heterocycles. The van der Waals surface area contributed by atoms with Crippen LogP contribution >= 0.6 is 0 Å². The lowest BCUT2D eigenvalue weighted by Crippen LogP contribution is -2.45. The molecule has 2 amide bonds. The molecule has 0 unspecified atom stereocenters. The second-order valence-electron chi connectivity index (χ2n) is 6.49. The summed E-state index contributed by atoms with van der Waals surface area (Å²) < 4.78 is 7.29. The van der Waals surface area contributed by atoms with E-state index in [1.54, 1.807) is 19.1 Å². The lowest BCUT2D eigenvalue weighted by Gasteiger charge is -2.23. The highest BCUT2D eigenvalue weighted by Crippen LogP contribution is 2.31. The topological polar surface area (TPSA) is 89.6 Å². The number of methoxy groups -OCH3 is 1. The van der Waals surface area contributed by atoms with Crippen LogP contribution in [0, 0.1) is 6.92 Å². The number of likely N-dealkylation sites (N-methyl/N-ethyl adjacent to an activating group) is 1. The maximum atomic E-state index is 13.3. The summed E-state index contributed by atoms with van der Waals surface area (Å²) >= 11 is 0. The third-order valence-electron chi connectivity index (χ3n) is 5.06. The number of aryl methyl sites for hydroxylation is 1. The van der Waals surface area contributed by atoms with Crippen LogP contribution in [0.4, 0.5) is 0 Å². The molecule has 2 atom stereocenters.